The SMILES string of the molecule is C=C/C=C(/N)C=C.C=C/C=C\C=Nc1ccc(C(/C(=C/C=C\C=C)C(/C=C\C=C\C=C/C=C)=C/C=C/C)=c2\ccc(C)c\c2=C\C)cc1.CC.CNc1ccccc1. The van der Waals surface area contributed by atoms with Gasteiger partial charge in [-0.2, -0.15) is 0 Å². The summed E-state index contributed by atoms with van der Waals surface area (Å²) >= 11 is 0. The van der Waals surface area contributed by atoms with Gasteiger partial charge in [-0.15, -0.1) is 0 Å². The van der Waals surface area contributed by atoms with Crippen LogP contribution in [0.5, 0.6) is 0 Å². The predicted molar refractivity (Wildman–Crippen MR) is 265 cm³/mol. The second-order valence-corrected chi connectivity index (χ2v) is 11.6. The molecule has 0 amide bonds. The minimum atomic E-state index is 0.648. The van der Waals surface area contributed by atoms with Crippen molar-refractivity contribution in [3.8, 4) is 0 Å². The molecule has 0 unspecified atom stereocenters. The van der Waals surface area contributed by atoms with E-state index in [1.54, 1.807) is 42.7 Å². The van der Waals surface area contributed by atoms with Crippen LogP contribution in [0.25, 0.3) is 11.6 Å². The molecule has 0 heterocycles. The Bertz CT molecular complexity index is 2120. The Balaban J connectivity index is 0.00000158. The average molecular weight is 768 g/mol. The average Bonchev–Trinajstić information content (AvgIpc) is 3.26. The zero-order chi connectivity index (χ0) is 43.2. The lowest BCUT2D eigenvalue weighted by Gasteiger charge is -2.16. The largest absolute Gasteiger partial charge is 0.399 e. The monoisotopic (exact) mass is 768 g/mol. The quantitative estimate of drug-likeness (QED) is 0.113. The third-order valence-electron chi connectivity index (χ3n) is 7.52. The fourth-order valence-corrected chi connectivity index (χ4v) is 4.80. The maximum atomic E-state index is 5.26. The van der Waals surface area contributed by atoms with E-state index < -0.39 is 0 Å². The van der Waals surface area contributed by atoms with Crippen LogP contribution >= 0.6 is 0 Å². The van der Waals surface area contributed by atoms with E-state index in [-0.39, 0.29) is 0 Å². The number of hydrogen-bond donors (Lipinski definition) is 2. The van der Waals surface area contributed by atoms with Gasteiger partial charge in [-0.05, 0) is 96.0 Å². The topological polar surface area (TPSA) is 50.4 Å². The molecule has 0 saturated carbocycles. The number of aryl methyl sites for hydroxylation is 1. The van der Waals surface area contributed by atoms with Crippen molar-refractivity contribution in [2.45, 2.75) is 34.6 Å². The zero-order valence-electron chi connectivity index (χ0n) is 35.7. The van der Waals surface area contributed by atoms with Gasteiger partial charge >= 0.3 is 0 Å². The third kappa shape index (κ3) is 21.8. The lowest BCUT2D eigenvalue weighted by molar-refractivity contribution is 1.36. The van der Waals surface area contributed by atoms with Crippen molar-refractivity contribution in [1.29, 1.82) is 0 Å². The van der Waals surface area contributed by atoms with Gasteiger partial charge in [-0.1, -0.05) is 210 Å². The summed E-state index contributed by atoms with van der Waals surface area (Å²) in [4.78, 5) is 4.55. The number of rotatable bonds is 16. The van der Waals surface area contributed by atoms with E-state index in [1.807, 2.05) is 125 Å². The van der Waals surface area contributed by atoms with Crippen LogP contribution in [0.2, 0.25) is 0 Å². The van der Waals surface area contributed by atoms with Crippen molar-refractivity contribution >= 4 is 29.2 Å². The Labute approximate surface area is 351 Å². The van der Waals surface area contributed by atoms with Crippen LogP contribution in [-0.4, -0.2) is 13.3 Å². The molecule has 3 rings (SSSR count). The van der Waals surface area contributed by atoms with Crippen LogP contribution in [0.1, 0.15) is 38.8 Å². The summed E-state index contributed by atoms with van der Waals surface area (Å²) < 4.78 is 0. The molecule has 0 atom stereocenters. The van der Waals surface area contributed by atoms with Gasteiger partial charge in [0.1, 0.15) is 0 Å². The van der Waals surface area contributed by atoms with Gasteiger partial charge in [0, 0.05) is 24.6 Å². The Morgan fingerprint density at radius 3 is 1.83 bits per heavy atom. The van der Waals surface area contributed by atoms with Gasteiger partial charge < -0.3 is 11.1 Å². The highest BCUT2D eigenvalue weighted by Gasteiger charge is 2.13. The minimum absolute atomic E-state index is 0.648. The highest BCUT2D eigenvalue weighted by Crippen LogP contribution is 2.29. The van der Waals surface area contributed by atoms with Gasteiger partial charge in [-0.3, -0.25) is 4.99 Å². The maximum Gasteiger partial charge on any atom is 0.0630 e. The van der Waals surface area contributed by atoms with Crippen LogP contribution in [0.3, 0.4) is 0 Å². The highest BCUT2D eigenvalue weighted by molar-refractivity contribution is 5.86. The summed E-state index contributed by atoms with van der Waals surface area (Å²) in [5.41, 5.74) is 13.6. The molecule has 3 aromatic rings. The van der Waals surface area contributed by atoms with Gasteiger partial charge in [0.15, 0.2) is 0 Å². The Morgan fingerprint density at radius 2 is 1.28 bits per heavy atom. The molecule has 0 spiro atoms. The third-order valence-corrected chi connectivity index (χ3v) is 7.52. The fourth-order valence-electron chi connectivity index (χ4n) is 4.80. The molecule has 0 fully saturated rings. The first-order valence-electron chi connectivity index (χ1n) is 19.4. The molecule has 0 aromatic heterocycles. The summed E-state index contributed by atoms with van der Waals surface area (Å²) in [5, 5.41) is 5.36. The first-order valence-corrected chi connectivity index (χ1v) is 19.4. The number of nitrogens with one attached hydrogen (secondary N) is 1. The first kappa shape index (κ1) is 51.0. The number of para-hydroxylation sites is 1. The maximum absolute atomic E-state index is 5.26. The number of nitrogens with two attached hydrogens (primary N) is 1. The van der Waals surface area contributed by atoms with E-state index >= 15 is 0 Å². The van der Waals surface area contributed by atoms with Crippen molar-refractivity contribution in [1.82, 2.24) is 0 Å². The van der Waals surface area contributed by atoms with Crippen molar-refractivity contribution in [3.63, 3.8) is 0 Å². The Kier molecular flexibility index (Phi) is 30.4. The molecule has 0 aliphatic rings. The van der Waals surface area contributed by atoms with E-state index in [0.717, 1.165) is 38.9 Å². The molecule has 0 bridgehead atoms. The first-order chi connectivity index (χ1) is 28.3. The van der Waals surface area contributed by atoms with Crippen LogP contribution < -0.4 is 21.5 Å². The number of nitrogens with zero attached hydrogens (tertiary/aromatic N) is 1. The number of anilines is 1. The van der Waals surface area contributed by atoms with Crippen molar-refractivity contribution in [2.24, 2.45) is 10.7 Å². The molecule has 0 aliphatic carbocycles. The van der Waals surface area contributed by atoms with Crippen LogP contribution in [0.4, 0.5) is 11.4 Å². The zero-order valence-corrected chi connectivity index (χ0v) is 35.7. The van der Waals surface area contributed by atoms with Crippen LogP contribution in [0.15, 0.2) is 249 Å². The molecule has 0 radical (unpaired) electrons. The molecular weight excluding hydrogens is 703 g/mol. The summed E-state index contributed by atoms with van der Waals surface area (Å²) in [5.74, 6) is 0. The van der Waals surface area contributed by atoms with Gasteiger partial charge in [0.2, 0.25) is 0 Å². The summed E-state index contributed by atoms with van der Waals surface area (Å²) in [6.07, 6.45) is 42.3. The standard InChI is InChI=1S/C40H41N.C7H9N.C6H9N.C2H6/c1-7-12-16-17-18-20-23-35(22-15-10-4)38(24-19-13-8-2)40(39-30-25-33(6)32-34(39)11-5)36-26-28-37(29-27-36)41-31-21-14-9-3;1-8-7-5-3-2-4-6-7;1-3-5-6(7)4-2;1-2/h7-32H,1-3H2,4-6H3;2-6,8H,1H3;3-5H,1-2,7H2;1-2H3/b15-10+,16-12-,18-17+,19-13-,21-14-,23-20-,34-11-,35-22+,38-24+,40-39-,41-31?;;6-5+;. The summed E-state index contributed by atoms with van der Waals surface area (Å²) in [6.45, 7) is 28.4. The van der Waals surface area contributed by atoms with E-state index in [1.165, 1.54) is 10.8 Å². The highest BCUT2D eigenvalue weighted by atomic mass is 14.8. The molecular formula is C55H65N3. The molecule has 58 heavy (non-hydrogen) atoms. The molecule has 0 saturated heterocycles. The second kappa shape index (κ2) is 34.5. The van der Waals surface area contributed by atoms with E-state index in [4.69, 9.17) is 5.73 Å². The van der Waals surface area contributed by atoms with E-state index in [2.05, 4.69) is 124 Å². The molecule has 3 nitrogen and oxygen atoms in total. The normalized spacial score (nSPS) is 12.9. The summed E-state index contributed by atoms with van der Waals surface area (Å²) in [6, 6.07) is 25.1. The number of hydrogen-bond acceptors (Lipinski definition) is 3. The molecule has 3 aromatic carbocycles. The number of benzene rings is 3. The Hall–Kier alpha value is -6.97. The van der Waals surface area contributed by atoms with Gasteiger partial charge in [0.05, 0.1) is 5.69 Å². The number of allylic oxidation sites excluding steroid dienone is 22. The van der Waals surface area contributed by atoms with E-state index in [0.29, 0.717) is 5.70 Å². The van der Waals surface area contributed by atoms with Gasteiger partial charge in [0.25, 0.3) is 0 Å². The smallest absolute Gasteiger partial charge is 0.0630 e. The van der Waals surface area contributed by atoms with Crippen molar-refractivity contribution in [3.05, 3.63) is 266 Å². The molecule has 3 N–H and O–H groups in total. The Morgan fingerprint density at radius 1 is 0.655 bits per heavy atom. The van der Waals surface area contributed by atoms with Crippen molar-refractivity contribution < 1.29 is 0 Å². The lowest BCUT2D eigenvalue weighted by Crippen LogP contribution is -2.28. The molecule has 0 aliphatic heterocycles. The van der Waals surface area contributed by atoms with Crippen LogP contribution in [0, 0.1) is 6.92 Å². The number of aliphatic imine (C=N–C) groups is 1. The second-order valence-electron chi connectivity index (χ2n) is 11.6. The predicted octanol–water partition coefficient (Wildman–Crippen LogP) is 13.4. The van der Waals surface area contributed by atoms with Gasteiger partial charge in [-0.25, -0.2) is 0 Å². The lowest BCUT2D eigenvalue weighted by atomic mass is 9.88. The fraction of sp³-hybridized carbons (Fsp3) is 0.109. The molecule has 3 heteroatoms. The van der Waals surface area contributed by atoms with E-state index in [9.17, 15) is 0 Å². The summed E-state index contributed by atoms with van der Waals surface area (Å²) in [7, 11) is 1.91. The minimum Gasteiger partial charge on any atom is -0.399 e. The van der Waals surface area contributed by atoms with Crippen molar-refractivity contribution in [2.75, 3.05) is 12.4 Å². The molecule has 300 valence electrons. The van der Waals surface area contributed by atoms with Crippen LogP contribution in [-0.2, 0) is 0 Å².